The monoisotopic (exact) mass is 897 g/mol. The minimum atomic E-state index is -2.48. The number of amides is 1. The minimum absolute atomic E-state index is 0.0324. The Morgan fingerprint density at radius 3 is 1.94 bits per heavy atom. The highest BCUT2D eigenvalue weighted by molar-refractivity contribution is 5.96. The zero-order valence-electron chi connectivity index (χ0n) is 36.5. The summed E-state index contributed by atoms with van der Waals surface area (Å²) < 4.78 is 35.5. The van der Waals surface area contributed by atoms with Crippen LogP contribution in [0.4, 0.5) is 4.79 Å². The van der Waals surface area contributed by atoms with Crippen LogP contribution in [0.5, 0.6) is 0 Å². The van der Waals surface area contributed by atoms with Crippen molar-refractivity contribution in [1.82, 2.24) is 5.32 Å². The molecule has 1 aliphatic heterocycles. The molecule has 344 valence electrons. The maximum absolute atomic E-state index is 15.6. The lowest BCUT2D eigenvalue weighted by Gasteiger charge is -2.67. The first-order valence-corrected chi connectivity index (χ1v) is 21.1. The molecule has 4 N–H and O–H groups in total. The zero-order valence-corrected chi connectivity index (χ0v) is 36.5. The van der Waals surface area contributed by atoms with Gasteiger partial charge in [-0.25, -0.2) is 14.4 Å². The summed E-state index contributed by atoms with van der Waals surface area (Å²) in [4.78, 5) is 96.6. The fourth-order valence-electron chi connectivity index (χ4n) is 10.4. The molecule has 17 heteroatoms. The average molecular weight is 898 g/mol. The fourth-order valence-corrected chi connectivity index (χ4v) is 10.4. The van der Waals surface area contributed by atoms with E-state index in [-0.39, 0.29) is 40.9 Å². The van der Waals surface area contributed by atoms with Crippen LogP contribution in [0.2, 0.25) is 0 Å². The van der Waals surface area contributed by atoms with E-state index in [4.69, 9.17) is 28.4 Å². The molecule has 65 heavy (non-hydrogen) atoms. The average Bonchev–Trinajstić information content (AvgIpc) is 3.26. The van der Waals surface area contributed by atoms with Crippen molar-refractivity contribution in [3.63, 3.8) is 0 Å². The Labute approximate surface area is 374 Å². The van der Waals surface area contributed by atoms with Gasteiger partial charge in [0.05, 0.1) is 29.6 Å². The Kier molecular flexibility index (Phi) is 12.5. The van der Waals surface area contributed by atoms with E-state index in [1.807, 2.05) is 0 Å². The van der Waals surface area contributed by atoms with Crippen LogP contribution >= 0.6 is 0 Å². The van der Waals surface area contributed by atoms with Crippen molar-refractivity contribution < 1.29 is 77.3 Å². The van der Waals surface area contributed by atoms with Crippen molar-refractivity contribution in [3.8, 4) is 0 Å². The smallest absolute Gasteiger partial charge is 0.455 e. The number of carbonyl (C=O) groups is 7. The molecule has 3 aromatic rings. The number of esters is 4. The number of benzene rings is 3. The van der Waals surface area contributed by atoms with Crippen molar-refractivity contribution in [1.29, 1.82) is 0 Å². The number of Topliss-reactive ketones (excluding diaryl/α,β-unsaturated/α-hetero) is 1. The molecule has 3 fully saturated rings. The number of nitrogens with one attached hydrogen (secondary N) is 1. The van der Waals surface area contributed by atoms with Gasteiger partial charge in [0, 0.05) is 37.7 Å². The van der Waals surface area contributed by atoms with Gasteiger partial charge in [0.1, 0.15) is 30.0 Å². The van der Waals surface area contributed by atoms with Crippen molar-refractivity contribution >= 4 is 41.7 Å². The Hall–Kier alpha value is -6.43. The quantitative estimate of drug-likeness (QED) is 0.118. The molecule has 17 nitrogen and oxygen atoms in total. The first-order chi connectivity index (χ1) is 30.7. The van der Waals surface area contributed by atoms with Crippen LogP contribution in [0.1, 0.15) is 86.7 Å². The summed E-state index contributed by atoms with van der Waals surface area (Å²) in [6.07, 6.45) is -12.9. The number of ketones is 1. The third-order valence-corrected chi connectivity index (χ3v) is 13.7. The maximum Gasteiger partial charge on any atom is 0.506 e. The lowest BCUT2D eigenvalue weighted by atomic mass is 9.44. The first kappa shape index (κ1) is 46.6. The Morgan fingerprint density at radius 1 is 0.815 bits per heavy atom. The van der Waals surface area contributed by atoms with Gasteiger partial charge in [-0.05, 0) is 54.8 Å². The zero-order chi connectivity index (χ0) is 47.2. The van der Waals surface area contributed by atoms with Gasteiger partial charge in [-0.3, -0.25) is 19.2 Å². The highest BCUT2D eigenvalue weighted by Crippen LogP contribution is 2.64. The van der Waals surface area contributed by atoms with Gasteiger partial charge in [0.15, 0.2) is 17.5 Å². The Morgan fingerprint density at radius 2 is 1.40 bits per heavy atom. The molecule has 2 saturated carbocycles. The van der Waals surface area contributed by atoms with Crippen molar-refractivity contribution in [2.75, 3.05) is 6.61 Å². The molecule has 4 aliphatic rings. The molecule has 11 unspecified atom stereocenters. The number of fused-ring (bicyclic) bond motifs is 5. The van der Waals surface area contributed by atoms with Gasteiger partial charge in [-0.15, -0.1) is 0 Å². The van der Waals surface area contributed by atoms with Gasteiger partial charge in [0.25, 0.3) is 5.91 Å². The molecule has 0 spiro atoms. The second-order valence-electron chi connectivity index (χ2n) is 17.7. The molecule has 11 atom stereocenters. The van der Waals surface area contributed by atoms with E-state index in [1.165, 1.54) is 64.1 Å². The van der Waals surface area contributed by atoms with E-state index < -0.39 is 119 Å². The van der Waals surface area contributed by atoms with Gasteiger partial charge < -0.3 is 49.1 Å². The molecule has 0 radical (unpaired) electrons. The molecule has 1 amide bonds. The third kappa shape index (κ3) is 8.05. The first-order valence-electron chi connectivity index (χ1n) is 21.1. The molecule has 2 bridgehead atoms. The fraction of sp³-hybridized carbons (Fsp3) is 0.438. The summed E-state index contributed by atoms with van der Waals surface area (Å²) in [7, 11) is 0. The molecule has 7 rings (SSSR count). The number of ether oxygens (including phenoxy) is 6. The minimum Gasteiger partial charge on any atom is -0.455 e. The summed E-state index contributed by atoms with van der Waals surface area (Å²) >= 11 is 0. The van der Waals surface area contributed by atoms with Crippen molar-refractivity contribution in [2.24, 2.45) is 16.7 Å². The number of carboxylic acid groups (broad SMARTS) is 1. The number of hydrogen-bond acceptors (Lipinski definition) is 15. The van der Waals surface area contributed by atoms with Crippen LogP contribution in [0, 0.1) is 16.7 Å². The van der Waals surface area contributed by atoms with Crippen LogP contribution in [-0.2, 0) is 47.6 Å². The topological polar surface area (TPSA) is 248 Å². The largest absolute Gasteiger partial charge is 0.506 e. The van der Waals surface area contributed by atoms with E-state index in [1.54, 1.807) is 54.6 Å². The molecular weight excluding hydrogens is 847 g/mol. The van der Waals surface area contributed by atoms with E-state index in [2.05, 4.69) is 5.32 Å². The van der Waals surface area contributed by atoms with Gasteiger partial charge in [-0.1, -0.05) is 80.6 Å². The predicted molar refractivity (Wildman–Crippen MR) is 225 cm³/mol. The lowest BCUT2D eigenvalue weighted by molar-refractivity contribution is -0.346. The number of aliphatic hydroxyl groups excluding tert-OH is 1. The van der Waals surface area contributed by atoms with Gasteiger partial charge in [0.2, 0.25) is 6.10 Å². The molecule has 0 aromatic heterocycles. The number of rotatable bonds is 11. The second-order valence-corrected chi connectivity index (χ2v) is 17.7. The van der Waals surface area contributed by atoms with Crippen LogP contribution < -0.4 is 5.32 Å². The number of hydrogen-bond donors (Lipinski definition) is 4. The highest BCUT2D eigenvalue weighted by Gasteiger charge is 2.78. The molecule has 1 heterocycles. The van der Waals surface area contributed by atoms with E-state index >= 15 is 4.79 Å². The number of carbonyl (C=O) groups excluding carboxylic acids is 6. The van der Waals surface area contributed by atoms with E-state index in [0.717, 1.165) is 13.8 Å². The lowest BCUT2D eigenvalue weighted by Crippen LogP contribution is -2.82. The standard InChI is InChI=1S/C48H51NO16/c1-25-31(62-43(56)37(63-44(57)58)35(28-16-10-7-11-17-28)49-41(54)29-18-12-8-13-19-29)23-48(59)40(64-42(55)30-20-14-9-15-21-30)38-46(6,32(52)22-33-47(38,24-60-33)65-27(3)51)39(53)36(61-26(2)50)34(25)45(48,4)5/h7-21,31-33,35-38,40,52,59H,22-24H2,1-6H3,(H,49,54)(H,57,58). The molecule has 3 aliphatic carbocycles. The molecule has 1 saturated heterocycles. The molecular formula is C48H51NO16. The van der Waals surface area contributed by atoms with E-state index in [0.29, 0.717) is 0 Å². The normalized spacial score (nSPS) is 30.8. The SMILES string of the molecule is CC(=O)OC1C(=O)C2(C)C(O)CC3OCC3(OC(C)=O)C2C(OC(=O)c2ccccc2)C2(O)CC(OC(=O)C(OC(=O)O)C(NC(=O)c3ccccc3)c3ccccc3)C(C)=C1C2(C)C. The third-order valence-electron chi connectivity index (χ3n) is 13.7. The summed E-state index contributed by atoms with van der Waals surface area (Å²) in [5.74, 6) is -7.27. The Bertz CT molecular complexity index is 2400. The van der Waals surface area contributed by atoms with Crippen LogP contribution in [0.15, 0.2) is 102 Å². The highest BCUT2D eigenvalue weighted by atomic mass is 16.7. The second kappa shape index (κ2) is 17.5. The predicted octanol–water partition coefficient (Wildman–Crippen LogP) is 4.44. The summed E-state index contributed by atoms with van der Waals surface area (Å²) in [5.41, 5.74) is -7.66. The maximum atomic E-state index is 15.6. The summed E-state index contributed by atoms with van der Waals surface area (Å²) in [6.45, 7) is 7.72. The van der Waals surface area contributed by atoms with Gasteiger partial charge in [-0.2, -0.15) is 0 Å². The van der Waals surface area contributed by atoms with Crippen LogP contribution in [-0.4, -0.2) is 111 Å². The molecule has 3 aromatic carbocycles. The van der Waals surface area contributed by atoms with Crippen LogP contribution in [0.25, 0.3) is 0 Å². The Balaban J connectivity index is 1.42. The summed E-state index contributed by atoms with van der Waals surface area (Å²) in [6, 6.07) is 22.1. The van der Waals surface area contributed by atoms with Gasteiger partial charge >= 0.3 is 30.0 Å². The summed E-state index contributed by atoms with van der Waals surface area (Å²) in [5, 5.41) is 38.6. The van der Waals surface area contributed by atoms with Crippen LogP contribution in [0.3, 0.4) is 0 Å². The number of aliphatic hydroxyl groups is 2. The van der Waals surface area contributed by atoms with Crippen molar-refractivity contribution in [3.05, 3.63) is 119 Å². The van der Waals surface area contributed by atoms with Crippen molar-refractivity contribution in [2.45, 2.75) is 108 Å². The van der Waals surface area contributed by atoms with E-state index in [9.17, 15) is 44.1 Å².